The summed E-state index contributed by atoms with van der Waals surface area (Å²) in [7, 11) is 0. The van der Waals surface area contributed by atoms with Crippen molar-refractivity contribution in [3.8, 4) is 17.1 Å². The molecule has 0 spiro atoms. The van der Waals surface area contributed by atoms with E-state index in [4.69, 9.17) is 9.26 Å². The molecule has 4 aromatic rings. The number of carbonyl (C=O) groups is 1. The minimum absolute atomic E-state index is 0.202. The first-order chi connectivity index (χ1) is 16.6. The van der Waals surface area contributed by atoms with Gasteiger partial charge in [-0.3, -0.25) is 4.79 Å². The molecule has 1 aliphatic rings. The van der Waals surface area contributed by atoms with Gasteiger partial charge in [-0.25, -0.2) is 0 Å². The second-order valence-electron chi connectivity index (χ2n) is 8.55. The maximum Gasteiger partial charge on any atom is 0.255 e. The Labute approximate surface area is 197 Å². The summed E-state index contributed by atoms with van der Waals surface area (Å²) in [5, 5.41) is 15.7. The van der Waals surface area contributed by atoms with Crippen molar-refractivity contribution >= 4 is 11.6 Å². The molecule has 0 fully saturated rings. The summed E-state index contributed by atoms with van der Waals surface area (Å²) >= 11 is 0. The van der Waals surface area contributed by atoms with Gasteiger partial charge in [0.15, 0.2) is 5.82 Å². The van der Waals surface area contributed by atoms with Gasteiger partial charge in [0.05, 0.1) is 11.3 Å². The number of carbonyl (C=O) groups excluding carboxylic acids is 1. The van der Waals surface area contributed by atoms with Gasteiger partial charge in [-0.2, -0.15) is 0 Å². The number of nitrogens with one attached hydrogen (secondary N) is 1. The topological polar surface area (TPSA) is 95.1 Å². The van der Waals surface area contributed by atoms with Crippen LogP contribution < -0.4 is 10.1 Å². The molecule has 2 aromatic heterocycles. The van der Waals surface area contributed by atoms with Crippen LogP contribution in [-0.2, 0) is 19.6 Å². The summed E-state index contributed by atoms with van der Waals surface area (Å²) < 4.78 is 13.3. The molecule has 174 valence electrons. The number of benzene rings is 2. The Hall–Kier alpha value is -3.94. The number of anilines is 1. The number of ether oxygens (including phenoxy) is 1. The van der Waals surface area contributed by atoms with Crippen LogP contribution >= 0.6 is 0 Å². The van der Waals surface area contributed by atoms with E-state index < -0.39 is 0 Å². The third-order valence-electron chi connectivity index (χ3n) is 6.17. The van der Waals surface area contributed by atoms with E-state index in [2.05, 4.69) is 25.2 Å². The number of aryl methyl sites for hydroxylation is 3. The van der Waals surface area contributed by atoms with Crippen LogP contribution in [0, 0.1) is 13.8 Å². The third kappa shape index (κ3) is 4.57. The number of hydrogen-bond donors (Lipinski definition) is 1. The highest BCUT2D eigenvalue weighted by atomic mass is 16.5. The smallest absolute Gasteiger partial charge is 0.255 e. The van der Waals surface area contributed by atoms with E-state index >= 15 is 0 Å². The zero-order valence-electron chi connectivity index (χ0n) is 19.4. The summed E-state index contributed by atoms with van der Waals surface area (Å²) in [6, 6.07) is 14.9. The van der Waals surface area contributed by atoms with Gasteiger partial charge in [0.1, 0.15) is 23.9 Å². The molecule has 0 radical (unpaired) electrons. The first-order valence-corrected chi connectivity index (χ1v) is 11.6. The second-order valence-corrected chi connectivity index (χ2v) is 8.55. The van der Waals surface area contributed by atoms with E-state index in [1.54, 1.807) is 18.2 Å². The zero-order valence-corrected chi connectivity index (χ0v) is 19.4. The van der Waals surface area contributed by atoms with Crippen molar-refractivity contribution in [2.75, 3.05) is 5.32 Å². The number of rotatable bonds is 6. The van der Waals surface area contributed by atoms with E-state index in [1.165, 1.54) is 6.42 Å². The SMILES string of the molecule is Cc1noc(C)c1COc1cccc(C(=O)Nc2ccc(-c3nnc4n3CCCCC4)cc2)c1. The number of amides is 1. The van der Waals surface area contributed by atoms with Gasteiger partial charge >= 0.3 is 0 Å². The monoisotopic (exact) mass is 457 g/mol. The van der Waals surface area contributed by atoms with E-state index in [9.17, 15) is 4.79 Å². The standard InChI is InChI=1S/C26H27N5O3/c1-17-23(18(2)34-30-17)16-33-22-8-6-7-20(15-22)26(32)27-21-12-10-19(11-13-21)25-29-28-24-9-4-3-5-14-31(24)25/h6-8,10-13,15H,3-5,9,14,16H2,1-2H3,(H,27,32). The average molecular weight is 458 g/mol. The molecule has 34 heavy (non-hydrogen) atoms. The quantitative estimate of drug-likeness (QED) is 0.432. The van der Waals surface area contributed by atoms with Crippen molar-refractivity contribution in [3.63, 3.8) is 0 Å². The van der Waals surface area contributed by atoms with Crippen LogP contribution in [0.25, 0.3) is 11.4 Å². The fraction of sp³-hybridized carbons (Fsp3) is 0.308. The molecule has 0 aliphatic carbocycles. The zero-order chi connectivity index (χ0) is 23.5. The molecule has 1 aliphatic heterocycles. The first-order valence-electron chi connectivity index (χ1n) is 11.6. The van der Waals surface area contributed by atoms with Crippen LogP contribution in [0.1, 0.15) is 52.5 Å². The van der Waals surface area contributed by atoms with Crippen LogP contribution in [-0.4, -0.2) is 25.8 Å². The number of hydrogen-bond acceptors (Lipinski definition) is 6. The Kier molecular flexibility index (Phi) is 6.12. The molecular weight excluding hydrogens is 430 g/mol. The lowest BCUT2D eigenvalue weighted by atomic mass is 10.1. The maximum atomic E-state index is 12.8. The van der Waals surface area contributed by atoms with Crippen molar-refractivity contribution in [2.24, 2.45) is 0 Å². The lowest BCUT2D eigenvalue weighted by Crippen LogP contribution is -2.12. The second kappa shape index (κ2) is 9.51. The molecular formula is C26H27N5O3. The molecule has 0 saturated heterocycles. The van der Waals surface area contributed by atoms with Crippen LogP contribution in [0.3, 0.4) is 0 Å². The predicted molar refractivity (Wildman–Crippen MR) is 128 cm³/mol. The molecule has 1 N–H and O–H groups in total. The van der Waals surface area contributed by atoms with Gasteiger partial charge < -0.3 is 19.1 Å². The Balaban J connectivity index is 1.25. The molecule has 8 nitrogen and oxygen atoms in total. The van der Waals surface area contributed by atoms with Gasteiger partial charge in [-0.05, 0) is 69.2 Å². The van der Waals surface area contributed by atoms with Crippen LogP contribution in [0.15, 0.2) is 53.1 Å². The minimum Gasteiger partial charge on any atom is -0.489 e. The molecule has 0 atom stereocenters. The van der Waals surface area contributed by atoms with Crippen LogP contribution in [0.5, 0.6) is 5.75 Å². The summed E-state index contributed by atoms with van der Waals surface area (Å²) in [5.41, 5.74) is 3.94. The third-order valence-corrected chi connectivity index (χ3v) is 6.17. The van der Waals surface area contributed by atoms with E-state index in [1.807, 2.05) is 44.2 Å². The Bertz CT molecular complexity index is 1290. The summed E-state index contributed by atoms with van der Waals surface area (Å²) in [6.07, 6.45) is 4.50. The van der Waals surface area contributed by atoms with Crippen molar-refractivity contribution in [1.82, 2.24) is 19.9 Å². The highest BCUT2D eigenvalue weighted by Crippen LogP contribution is 2.25. The maximum absolute atomic E-state index is 12.8. The fourth-order valence-corrected chi connectivity index (χ4v) is 4.20. The van der Waals surface area contributed by atoms with Crippen molar-refractivity contribution in [1.29, 1.82) is 0 Å². The number of nitrogens with zero attached hydrogens (tertiary/aromatic N) is 4. The lowest BCUT2D eigenvalue weighted by molar-refractivity contribution is 0.102. The molecule has 3 heterocycles. The van der Waals surface area contributed by atoms with Gasteiger partial charge in [-0.15, -0.1) is 10.2 Å². The highest BCUT2D eigenvalue weighted by molar-refractivity contribution is 6.04. The van der Waals surface area contributed by atoms with Crippen molar-refractivity contribution in [3.05, 3.63) is 76.9 Å². The summed E-state index contributed by atoms with van der Waals surface area (Å²) in [6.45, 7) is 5.02. The lowest BCUT2D eigenvalue weighted by Gasteiger charge is -2.10. The van der Waals surface area contributed by atoms with Crippen molar-refractivity contribution in [2.45, 2.75) is 52.7 Å². The molecule has 0 bridgehead atoms. The van der Waals surface area contributed by atoms with E-state index in [-0.39, 0.29) is 5.91 Å². The Morgan fingerprint density at radius 2 is 1.94 bits per heavy atom. The minimum atomic E-state index is -0.202. The molecule has 0 unspecified atom stereocenters. The molecule has 5 rings (SSSR count). The summed E-state index contributed by atoms with van der Waals surface area (Å²) in [5.74, 6) is 3.08. The van der Waals surface area contributed by atoms with E-state index in [0.29, 0.717) is 23.6 Å². The van der Waals surface area contributed by atoms with Crippen LogP contribution in [0.2, 0.25) is 0 Å². The van der Waals surface area contributed by atoms with Gasteiger partial charge in [0, 0.05) is 29.8 Å². The van der Waals surface area contributed by atoms with Crippen molar-refractivity contribution < 1.29 is 14.1 Å². The predicted octanol–water partition coefficient (Wildman–Crippen LogP) is 5.11. The highest BCUT2D eigenvalue weighted by Gasteiger charge is 2.16. The van der Waals surface area contributed by atoms with Gasteiger partial charge in [-0.1, -0.05) is 17.6 Å². The van der Waals surface area contributed by atoms with Gasteiger partial charge in [0.2, 0.25) is 0 Å². The Morgan fingerprint density at radius 3 is 2.74 bits per heavy atom. The molecule has 8 heteroatoms. The van der Waals surface area contributed by atoms with Crippen LogP contribution in [0.4, 0.5) is 5.69 Å². The Morgan fingerprint density at radius 1 is 1.09 bits per heavy atom. The van der Waals surface area contributed by atoms with E-state index in [0.717, 1.165) is 60.0 Å². The largest absolute Gasteiger partial charge is 0.489 e. The number of fused-ring (bicyclic) bond motifs is 1. The molecule has 2 aromatic carbocycles. The molecule has 0 saturated carbocycles. The summed E-state index contributed by atoms with van der Waals surface area (Å²) in [4.78, 5) is 12.8. The average Bonchev–Trinajstić information content (AvgIpc) is 3.31. The first kappa shape index (κ1) is 21.9. The van der Waals surface area contributed by atoms with Gasteiger partial charge in [0.25, 0.3) is 5.91 Å². The normalized spacial score (nSPS) is 13.2. The fourth-order valence-electron chi connectivity index (χ4n) is 4.20. The molecule has 1 amide bonds. The number of aromatic nitrogens is 4.